The molecule has 2 heteroatoms. The second-order valence-corrected chi connectivity index (χ2v) is 7.66. The fourth-order valence-electron chi connectivity index (χ4n) is 3.44. The Bertz CT molecular complexity index is 455. The molecular formula is C19H31NO. The minimum Gasteiger partial charge on any atom is -0.497 e. The second-order valence-electron chi connectivity index (χ2n) is 7.66. The number of rotatable bonds is 6. The van der Waals surface area contributed by atoms with Crippen molar-refractivity contribution >= 4 is 0 Å². The van der Waals surface area contributed by atoms with Gasteiger partial charge in [-0.3, -0.25) is 0 Å². The van der Waals surface area contributed by atoms with E-state index in [1.165, 1.54) is 24.8 Å². The molecule has 0 unspecified atom stereocenters. The first-order chi connectivity index (χ1) is 9.91. The van der Waals surface area contributed by atoms with E-state index in [4.69, 9.17) is 4.74 Å². The lowest BCUT2D eigenvalue weighted by Crippen LogP contribution is -2.52. The summed E-state index contributed by atoms with van der Waals surface area (Å²) in [5, 5.41) is 3.64. The van der Waals surface area contributed by atoms with Crippen molar-refractivity contribution in [3.05, 3.63) is 29.8 Å². The Hall–Kier alpha value is -1.02. The molecule has 0 bridgehead atoms. The summed E-state index contributed by atoms with van der Waals surface area (Å²) in [6.07, 6.45) is 3.75. The molecule has 1 fully saturated rings. The SMILES string of the molecule is CCCNCC1(c2cccc(OC)c2)CC(C(C)(C)C)C1. The van der Waals surface area contributed by atoms with Gasteiger partial charge in [-0.2, -0.15) is 0 Å². The van der Waals surface area contributed by atoms with Crippen molar-refractivity contribution in [3.8, 4) is 5.75 Å². The van der Waals surface area contributed by atoms with Gasteiger partial charge in [-0.05, 0) is 54.8 Å². The number of benzene rings is 1. The molecule has 1 aromatic carbocycles. The normalized spacial score (nSPS) is 25.5. The van der Waals surface area contributed by atoms with Crippen LogP contribution in [0.4, 0.5) is 0 Å². The molecule has 0 spiro atoms. The Morgan fingerprint density at radius 2 is 2.00 bits per heavy atom. The van der Waals surface area contributed by atoms with Crippen molar-refractivity contribution in [2.24, 2.45) is 11.3 Å². The highest BCUT2D eigenvalue weighted by atomic mass is 16.5. The maximum atomic E-state index is 5.42. The minimum atomic E-state index is 0.293. The van der Waals surface area contributed by atoms with E-state index in [1.807, 2.05) is 6.07 Å². The third-order valence-corrected chi connectivity index (χ3v) is 5.07. The van der Waals surface area contributed by atoms with Crippen LogP contribution in [0.2, 0.25) is 0 Å². The minimum absolute atomic E-state index is 0.293. The lowest BCUT2D eigenvalue weighted by molar-refractivity contribution is 0.0449. The van der Waals surface area contributed by atoms with E-state index in [0.29, 0.717) is 10.8 Å². The van der Waals surface area contributed by atoms with Crippen molar-refractivity contribution in [2.75, 3.05) is 20.2 Å². The smallest absolute Gasteiger partial charge is 0.119 e. The molecule has 1 N–H and O–H groups in total. The molecule has 0 amide bonds. The standard InChI is InChI=1S/C19H31NO/c1-6-10-20-14-19(12-16(13-19)18(2,3)4)15-8-7-9-17(11-15)21-5/h7-9,11,16,20H,6,10,12-14H2,1-5H3. The van der Waals surface area contributed by atoms with Gasteiger partial charge in [0.05, 0.1) is 7.11 Å². The summed E-state index contributed by atoms with van der Waals surface area (Å²) in [7, 11) is 1.75. The molecule has 118 valence electrons. The lowest BCUT2D eigenvalue weighted by Gasteiger charge is -2.53. The molecule has 1 saturated carbocycles. The number of hydrogen-bond donors (Lipinski definition) is 1. The van der Waals surface area contributed by atoms with E-state index in [2.05, 4.69) is 51.2 Å². The van der Waals surface area contributed by atoms with Gasteiger partial charge in [-0.1, -0.05) is 39.8 Å². The summed E-state index contributed by atoms with van der Waals surface area (Å²) in [5.41, 5.74) is 2.14. The van der Waals surface area contributed by atoms with Crippen LogP contribution in [0.1, 0.15) is 52.5 Å². The van der Waals surface area contributed by atoms with Crippen LogP contribution < -0.4 is 10.1 Å². The van der Waals surface area contributed by atoms with Crippen molar-refractivity contribution in [2.45, 2.75) is 52.4 Å². The highest BCUT2D eigenvalue weighted by molar-refractivity contribution is 5.36. The average molecular weight is 289 g/mol. The zero-order valence-electron chi connectivity index (χ0n) is 14.3. The third-order valence-electron chi connectivity index (χ3n) is 5.07. The van der Waals surface area contributed by atoms with Crippen LogP contribution in [0.25, 0.3) is 0 Å². The van der Waals surface area contributed by atoms with Gasteiger partial charge in [0.2, 0.25) is 0 Å². The fraction of sp³-hybridized carbons (Fsp3) is 0.684. The molecular weight excluding hydrogens is 258 g/mol. The number of nitrogens with one attached hydrogen (secondary N) is 1. The molecule has 1 aliphatic carbocycles. The van der Waals surface area contributed by atoms with E-state index in [0.717, 1.165) is 24.8 Å². The summed E-state index contributed by atoms with van der Waals surface area (Å²) in [6.45, 7) is 11.5. The van der Waals surface area contributed by atoms with Crippen molar-refractivity contribution < 1.29 is 4.74 Å². The van der Waals surface area contributed by atoms with Crippen molar-refractivity contribution in [1.82, 2.24) is 5.32 Å². The molecule has 0 aliphatic heterocycles. The summed E-state index contributed by atoms with van der Waals surface area (Å²) in [6, 6.07) is 8.66. The van der Waals surface area contributed by atoms with Crippen molar-refractivity contribution in [1.29, 1.82) is 0 Å². The summed E-state index contributed by atoms with van der Waals surface area (Å²) in [5.74, 6) is 1.79. The number of methoxy groups -OCH3 is 1. The molecule has 2 nitrogen and oxygen atoms in total. The molecule has 21 heavy (non-hydrogen) atoms. The second kappa shape index (κ2) is 6.39. The zero-order valence-corrected chi connectivity index (χ0v) is 14.3. The van der Waals surface area contributed by atoms with Gasteiger partial charge >= 0.3 is 0 Å². The van der Waals surface area contributed by atoms with Gasteiger partial charge in [0.1, 0.15) is 5.75 Å². The highest BCUT2D eigenvalue weighted by Crippen LogP contribution is 2.54. The maximum Gasteiger partial charge on any atom is 0.119 e. The third kappa shape index (κ3) is 3.60. The van der Waals surface area contributed by atoms with Crippen molar-refractivity contribution in [3.63, 3.8) is 0 Å². The zero-order chi connectivity index (χ0) is 15.5. The topological polar surface area (TPSA) is 21.3 Å². The molecule has 1 aliphatic rings. The Morgan fingerprint density at radius 3 is 2.57 bits per heavy atom. The quantitative estimate of drug-likeness (QED) is 0.784. The summed E-state index contributed by atoms with van der Waals surface area (Å²) >= 11 is 0. The molecule has 0 radical (unpaired) electrons. The molecule has 0 saturated heterocycles. The first-order valence-electron chi connectivity index (χ1n) is 8.26. The van der Waals surface area contributed by atoms with E-state index in [9.17, 15) is 0 Å². The maximum absolute atomic E-state index is 5.42. The molecule has 2 rings (SSSR count). The van der Waals surface area contributed by atoms with E-state index >= 15 is 0 Å². The van der Waals surface area contributed by atoms with Gasteiger partial charge in [0, 0.05) is 12.0 Å². The van der Waals surface area contributed by atoms with E-state index in [1.54, 1.807) is 7.11 Å². The molecule has 0 heterocycles. The molecule has 0 atom stereocenters. The molecule has 1 aromatic rings. The fourth-order valence-corrected chi connectivity index (χ4v) is 3.44. The Morgan fingerprint density at radius 1 is 1.29 bits per heavy atom. The Labute approximate surface area is 130 Å². The Kier molecular flexibility index (Phi) is 4.98. The van der Waals surface area contributed by atoms with Crippen LogP contribution in [0.5, 0.6) is 5.75 Å². The van der Waals surface area contributed by atoms with E-state index in [-0.39, 0.29) is 0 Å². The van der Waals surface area contributed by atoms with Crippen LogP contribution in [0, 0.1) is 11.3 Å². The van der Waals surface area contributed by atoms with E-state index < -0.39 is 0 Å². The van der Waals surface area contributed by atoms with Gasteiger partial charge in [-0.15, -0.1) is 0 Å². The van der Waals surface area contributed by atoms with Crippen LogP contribution in [-0.4, -0.2) is 20.2 Å². The van der Waals surface area contributed by atoms with Crippen LogP contribution >= 0.6 is 0 Å². The Balaban J connectivity index is 2.17. The molecule has 0 aromatic heterocycles. The average Bonchev–Trinajstić information content (AvgIpc) is 2.40. The van der Waals surface area contributed by atoms with Crippen LogP contribution in [-0.2, 0) is 5.41 Å². The van der Waals surface area contributed by atoms with Crippen LogP contribution in [0.15, 0.2) is 24.3 Å². The summed E-state index contributed by atoms with van der Waals surface area (Å²) in [4.78, 5) is 0. The largest absolute Gasteiger partial charge is 0.497 e. The predicted molar refractivity (Wildman–Crippen MR) is 90.0 cm³/mol. The predicted octanol–water partition coefficient (Wildman–Crippen LogP) is 4.39. The van der Waals surface area contributed by atoms with Gasteiger partial charge in [-0.25, -0.2) is 0 Å². The van der Waals surface area contributed by atoms with Crippen LogP contribution in [0.3, 0.4) is 0 Å². The first-order valence-corrected chi connectivity index (χ1v) is 8.26. The number of hydrogen-bond acceptors (Lipinski definition) is 2. The summed E-state index contributed by atoms with van der Waals surface area (Å²) < 4.78 is 5.42. The lowest BCUT2D eigenvalue weighted by atomic mass is 9.52. The highest BCUT2D eigenvalue weighted by Gasteiger charge is 2.49. The monoisotopic (exact) mass is 289 g/mol. The first kappa shape index (κ1) is 16.4. The van der Waals surface area contributed by atoms with Gasteiger partial charge in [0.25, 0.3) is 0 Å². The number of ether oxygens (including phenoxy) is 1. The van der Waals surface area contributed by atoms with Gasteiger partial charge in [0.15, 0.2) is 0 Å². The van der Waals surface area contributed by atoms with Gasteiger partial charge < -0.3 is 10.1 Å².